The number of carbonyl (C=O) groups excluding carboxylic acids is 1. The fourth-order valence-corrected chi connectivity index (χ4v) is 1.48. The lowest BCUT2D eigenvalue weighted by atomic mass is 10.3. The second-order valence-corrected chi connectivity index (χ2v) is 3.83. The van der Waals surface area contributed by atoms with E-state index >= 15 is 0 Å². The normalized spacial score (nSPS) is 11.3. The number of aromatic nitrogens is 1. The van der Waals surface area contributed by atoms with Gasteiger partial charge in [-0.15, -0.1) is 13.2 Å². The smallest absolute Gasteiger partial charge is 0.504 e. The molecule has 1 rings (SSSR count). The highest BCUT2D eigenvalue weighted by molar-refractivity contribution is 14.1. The Morgan fingerprint density at radius 1 is 1.56 bits per heavy atom. The van der Waals surface area contributed by atoms with Crippen molar-refractivity contribution in [1.82, 2.24) is 4.98 Å². The van der Waals surface area contributed by atoms with Crippen LogP contribution in [0, 0.1) is 3.70 Å². The maximum absolute atomic E-state index is 11.9. The first kappa shape index (κ1) is 13.3. The molecule has 0 saturated carbocycles. The van der Waals surface area contributed by atoms with Gasteiger partial charge in [-0.1, -0.05) is 0 Å². The predicted molar refractivity (Wildman–Crippen MR) is 55.5 cm³/mol. The molecular weight excluding hydrogens is 365 g/mol. The van der Waals surface area contributed by atoms with Crippen LogP contribution >= 0.6 is 34.2 Å². The van der Waals surface area contributed by atoms with Gasteiger partial charge in [0.25, 0.3) is 5.24 Å². The van der Waals surface area contributed by atoms with Crippen molar-refractivity contribution >= 4 is 39.4 Å². The topological polar surface area (TPSA) is 59.4 Å². The number of ether oxygens (including phenoxy) is 1. The fourth-order valence-electron chi connectivity index (χ4n) is 0.806. The van der Waals surface area contributed by atoms with Gasteiger partial charge < -0.3 is 9.84 Å². The standard InChI is InChI=1S/C7H2ClF3INO3/c8-5(15)2-1-3(16-7(9,10)11)13-6(12)4(2)14/h1,14H. The van der Waals surface area contributed by atoms with Gasteiger partial charge in [-0.3, -0.25) is 4.79 Å². The summed E-state index contributed by atoms with van der Waals surface area (Å²) in [6.07, 6.45) is -4.93. The summed E-state index contributed by atoms with van der Waals surface area (Å²) in [5.41, 5.74) is -0.500. The molecule has 0 radical (unpaired) electrons. The van der Waals surface area contributed by atoms with Crippen molar-refractivity contribution in [3.8, 4) is 11.6 Å². The van der Waals surface area contributed by atoms with Crippen molar-refractivity contribution < 1.29 is 27.8 Å². The van der Waals surface area contributed by atoms with E-state index < -0.39 is 28.8 Å². The van der Waals surface area contributed by atoms with Crippen LogP contribution in [0.3, 0.4) is 0 Å². The maximum Gasteiger partial charge on any atom is 0.574 e. The van der Waals surface area contributed by atoms with Gasteiger partial charge in [0.1, 0.15) is 3.70 Å². The Kier molecular flexibility index (Phi) is 3.84. The lowest BCUT2D eigenvalue weighted by molar-refractivity contribution is -0.276. The second-order valence-electron chi connectivity index (χ2n) is 2.47. The Hall–Kier alpha value is -0.770. The van der Waals surface area contributed by atoms with E-state index in [1.165, 1.54) is 22.6 Å². The van der Waals surface area contributed by atoms with Crippen LogP contribution in [-0.2, 0) is 0 Å². The van der Waals surface area contributed by atoms with Gasteiger partial charge in [0, 0.05) is 6.07 Å². The first-order valence-corrected chi connectivity index (χ1v) is 5.01. The summed E-state index contributed by atoms with van der Waals surface area (Å²) in [7, 11) is 0. The fraction of sp³-hybridized carbons (Fsp3) is 0.143. The zero-order chi connectivity index (χ0) is 12.5. The quantitative estimate of drug-likeness (QED) is 0.496. The zero-order valence-electron chi connectivity index (χ0n) is 7.18. The van der Waals surface area contributed by atoms with Crippen LogP contribution in [0.1, 0.15) is 10.4 Å². The number of aromatic hydroxyl groups is 1. The van der Waals surface area contributed by atoms with E-state index in [1.807, 2.05) is 0 Å². The minimum atomic E-state index is -4.93. The largest absolute Gasteiger partial charge is 0.574 e. The summed E-state index contributed by atoms with van der Waals surface area (Å²) in [6.45, 7) is 0. The highest BCUT2D eigenvalue weighted by Gasteiger charge is 2.32. The third kappa shape index (κ3) is 3.37. The molecule has 1 N–H and O–H groups in total. The molecule has 1 aromatic rings. The molecule has 0 fully saturated rings. The van der Waals surface area contributed by atoms with Crippen LogP contribution < -0.4 is 4.74 Å². The van der Waals surface area contributed by atoms with Crippen LogP contribution in [-0.4, -0.2) is 21.7 Å². The van der Waals surface area contributed by atoms with E-state index in [1.54, 1.807) is 0 Å². The SMILES string of the molecule is O=C(Cl)c1cc(OC(F)(F)F)nc(I)c1O. The molecule has 0 aliphatic carbocycles. The number of halogens is 5. The highest BCUT2D eigenvalue weighted by Crippen LogP contribution is 2.30. The van der Waals surface area contributed by atoms with Crippen LogP contribution in [0.25, 0.3) is 0 Å². The number of hydrogen-bond donors (Lipinski definition) is 1. The molecule has 0 aliphatic heterocycles. The van der Waals surface area contributed by atoms with Crippen molar-refractivity contribution in [2.75, 3.05) is 0 Å². The highest BCUT2D eigenvalue weighted by atomic mass is 127. The van der Waals surface area contributed by atoms with Gasteiger partial charge in [-0.25, -0.2) is 4.98 Å². The zero-order valence-corrected chi connectivity index (χ0v) is 10.1. The van der Waals surface area contributed by atoms with Gasteiger partial charge in [0.05, 0.1) is 5.56 Å². The summed E-state index contributed by atoms with van der Waals surface area (Å²) in [4.78, 5) is 14.1. The molecule has 0 aromatic carbocycles. The van der Waals surface area contributed by atoms with E-state index in [2.05, 4.69) is 9.72 Å². The number of pyridine rings is 1. The lowest BCUT2D eigenvalue weighted by Crippen LogP contribution is -2.18. The van der Waals surface area contributed by atoms with Crippen molar-refractivity contribution in [3.05, 3.63) is 15.3 Å². The van der Waals surface area contributed by atoms with E-state index in [0.717, 1.165) is 0 Å². The summed E-state index contributed by atoms with van der Waals surface area (Å²) >= 11 is 6.50. The molecule has 0 spiro atoms. The molecule has 0 atom stereocenters. The molecule has 9 heteroatoms. The van der Waals surface area contributed by atoms with Gasteiger partial charge in [0.2, 0.25) is 5.88 Å². The molecule has 0 amide bonds. The van der Waals surface area contributed by atoms with Gasteiger partial charge in [-0.2, -0.15) is 0 Å². The van der Waals surface area contributed by atoms with E-state index in [-0.39, 0.29) is 3.70 Å². The molecule has 0 saturated heterocycles. The number of alkyl halides is 3. The van der Waals surface area contributed by atoms with E-state index in [0.29, 0.717) is 6.07 Å². The number of carbonyl (C=O) groups is 1. The Morgan fingerprint density at radius 3 is 2.56 bits per heavy atom. The molecule has 1 aromatic heterocycles. The van der Waals surface area contributed by atoms with Gasteiger partial charge in [-0.05, 0) is 34.2 Å². The van der Waals surface area contributed by atoms with Gasteiger partial charge in [0.15, 0.2) is 5.75 Å². The number of nitrogens with zero attached hydrogens (tertiary/aromatic N) is 1. The molecule has 16 heavy (non-hydrogen) atoms. The summed E-state index contributed by atoms with van der Waals surface area (Å²) in [5, 5.41) is 8.17. The van der Waals surface area contributed by atoms with Crippen LogP contribution in [0.15, 0.2) is 6.07 Å². The Bertz CT molecular complexity index is 438. The third-order valence-corrected chi connectivity index (χ3v) is 2.31. The van der Waals surface area contributed by atoms with E-state index in [4.69, 9.17) is 11.6 Å². The lowest BCUT2D eigenvalue weighted by Gasteiger charge is -2.09. The minimum absolute atomic E-state index is 0.219. The Balaban J connectivity index is 3.19. The molecule has 4 nitrogen and oxygen atoms in total. The van der Waals surface area contributed by atoms with E-state index in [9.17, 15) is 23.1 Å². The maximum atomic E-state index is 11.9. The summed E-state index contributed by atoms with van der Waals surface area (Å²) in [5.74, 6) is -1.45. The first-order valence-electron chi connectivity index (χ1n) is 3.56. The van der Waals surface area contributed by atoms with Crippen LogP contribution in [0.2, 0.25) is 0 Å². The van der Waals surface area contributed by atoms with Crippen molar-refractivity contribution in [2.24, 2.45) is 0 Å². The Morgan fingerprint density at radius 2 is 2.12 bits per heavy atom. The molecule has 88 valence electrons. The van der Waals surface area contributed by atoms with Crippen molar-refractivity contribution in [3.63, 3.8) is 0 Å². The molecule has 0 aliphatic rings. The predicted octanol–water partition coefficient (Wildman–Crippen LogP) is 2.67. The number of hydrogen-bond acceptors (Lipinski definition) is 4. The summed E-state index contributed by atoms with van der Waals surface area (Å²) < 4.78 is 38.9. The average molecular weight is 367 g/mol. The Labute approximate surface area is 106 Å². The molecule has 0 unspecified atom stereocenters. The van der Waals surface area contributed by atoms with Crippen LogP contribution in [0.5, 0.6) is 11.6 Å². The molecule has 1 heterocycles. The minimum Gasteiger partial charge on any atom is -0.504 e. The van der Waals surface area contributed by atoms with Crippen molar-refractivity contribution in [1.29, 1.82) is 0 Å². The third-order valence-electron chi connectivity index (χ3n) is 1.36. The average Bonchev–Trinajstić information content (AvgIpc) is 2.07. The second kappa shape index (κ2) is 4.62. The molecule has 0 bridgehead atoms. The monoisotopic (exact) mass is 367 g/mol. The summed E-state index contributed by atoms with van der Waals surface area (Å²) in [6, 6.07) is 0.611. The first-order chi connectivity index (χ1) is 7.20. The van der Waals surface area contributed by atoms with Gasteiger partial charge >= 0.3 is 6.36 Å². The number of rotatable bonds is 2. The molecular formula is C7H2ClF3INO3. The van der Waals surface area contributed by atoms with Crippen molar-refractivity contribution in [2.45, 2.75) is 6.36 Å². The van der Waals surface area contributed by atoms with Crippen LogP contribution in [0.4, 0.5) is 13.2 Å².